The summed E-state index contributed by atoms with van der Waals surface area (Å²) in [5.74, 6) is 0.0423. The molecule has 0 aliphatic rings. The van der Waals surface area contributed by atoms with E-state index >= 15 is 0 Å². The van der Waals surface area contributed by atoms with E-state index in [1.807, 2.05) is 6.92 Å². The highest BCUT2D eigenvalue weighted by atomic mass is 32.2. The number of benzene rings is 3. The van der Waals surface area contributed by atoms with Crippen LogP contribution in [0, 0.1) is 24.0 Å². The smallest absolute Gasteiger partial charge is 0.273 e. The van der Waals surface area contributed by atoms with E-state index < -0.39 is 20.9 Å². The molecule has 0 atom stereocenters. The average molecular weight is 470 g/mol. The lowest BCUT2D eigenvalue weighted by atomic mass is 10.1. The first-order valence-corrected chi connectivity index (χ1v) is 11.5. The van der Waals surface area contributed by atoms with Crippen LogP contribution in [0.25, 0.3) is 0 Å². The molecule has 0 saturated heterocycles. The summed E-state index contributed by atoms with van der Waals surface area (Å²) in [6.45, 7) is 5.48. The van der Waals surface area contributed by atoms with Crippen LogP contribution in [0.1, 0.15) is 28.4 Å². The molecule has 0 aromatic heterocycles. The third-order valence-electron chi connectivity index (χ3n) is 4.90. The standard InChI is InChI=1S/C23H23N3O6S/c1-4-32-19-12-10-17(11-13-19)25-33(30,31)22-14-18(9-8-15(22)2)24-23(27)20-6-5-7-21(16(20)3)26(28)29/h5-14,25H,4H2,1-3H3,(H,24,27). The zero-order valence-corrected chi connectivity index (χ0v) is 19.1. The second kappa shape index (κ2) is 9.70. The molecule has 0 fully saturated rings. The van der Waals surface area contributed by atoms with Crippen LogP contribution in [0.2, 0.25) is 0 Å². The molecule has 0 heterocycles. The van der Waals surface area contributed by atoms with E-state index in [1.165, 1.54) is 31.2 Å². The second-order valence-electron chi connectivity index (χ2n) is 7.20. The summed E-state index contributed by atoms with van der Waals surface area (Å²) in [6, 6.07) is 15.2. The van der Waals surface area contributed by atoms with Gasteiger partial charge in [-0.15, -0.1) is 0 Å². The number of carbonyl (C=O) groups is 1. The van der Waals surface area contributed by atoms with Gasteiger partial charge >= 0.3 is 0 Å². The van der Waals surface area contributed by atoms with Gasteiger partial charge in [0, 0.05) is 28.6 Å². The van der Waals surface area contributed by atoms with E-state index in [9.17, 15) is 23.3 Å². The Kier molecular flexibility index (Phi) is 6.98. The van der Waals surface area contributed by atoms with E-state index in [-0.39, 0.29) is 27.4 Å². The van der Waals surface area contributed by atoms with Crippen molar-refractivity contribution in [2.75, 3.05) is 16.6 Å². The Morgan fingerprint density at radius 3 is 2.33 bits per heavy atom. The molecule has 0 radical (unpaired) electrons. The van der Waals surface area contributed by atoms with E-state index in [2.05, 4.69) is 10.0 Å². The van der Waals surface area contributed by atoms with Gasteiger partial charge in [-0.1, -0.05) is 12.1 Å². The van der Waals surface area contributed by atoms with E-state index in [1.54, 1.807) is 43.3 Å². The number of nitro benzene ring substituents is 1. The SMILES string of the molecule is CCOc1ccc(NS(=O)(=O)c2cc(NC(=O)c3cccc([N+](=O)[O-])c3C)ccc2C)cc1. The summed E-state index contributed by atoms with van der Waals surface area (Å²) in [4.78, 5) is 23.3. The Labute approximate surface area is 191 Å². The number of carbonyl (C=O) groups excluding carboxylic acids is 1. The highest BCUT2D eigenvalue weighted by Gasteiger charge is 2.21. The van der Waals surface area contributed by atoms with Crippen molar-refractivity contribution in [2.45, 2.75) is 25.7 Å². The maximum atomic E-state index is 13.0. The molecule has 0 saturated carbocycles. The molecule has 9 nitrogen and oxygen atoms in total. The predicted molar refractivity (Wildman–Crippen MR) is 125 cm³/mol. The van der Waals surface area contributed by atoms with Gasteiger partial charge < -0.3 is 10.1 Å². The van der Waals surface area contributed by atoms with Crippen LogP contribution in [0.3, 0.4) is 0 Å². The number of rotatable bonds is 8. The third kappa shape index (κ3) is 5.47. The number of sulfonamides is 1. The normalized spacial score (nSPS) is 11.0. The highest BCUT2D eigenvalue weighted by Crippen LogP contribution is 2.26. The van der Waals surface area contributed by atoms with Crippen molar-refractivity contribution in [3.05, 3.63) is 87.5 Å². The van der Waals surface area contributed by atoms with Gasteiger partial charge in [0.05, 0.1) is 16.4 Å². The minimum Gasteiger partial charge on any atom is -0.494 e. The van der Waals surface area contributed by atoms with Crippen molar-refractivity contribution in [3.63, 3.8) is 0 Å². The van der Waals surface area contributed by atoms with Crippen molar-refractivity contribution in [1.82, 2.24) is 0 Å². The van der Waals surface area contributed by atoms with Crippen molar-refractivity contribution < 1.29 is 22.9 Å². The summed E-state index contributed by atoms with van der Waals surface area (Å²) in [5.41, 5.74) is 1.26. The molecule has 3 aromatic rings. The zero-order chi connectivity index (χ0) is 24.2. The van der Waals surface area contributed by atoms with Gasteiger partial charge in [0.2, 0.25) is 0 Å². The molecule has 0 bridgehead atoms. The fourth-order valence-electron chi connectivity index (χ4n) is 3.23. The first kappa shape index (κ1) is 23.7. The summed E-state index contributed by atoms with van der Waals surface area (Å²) in [5, 5.41) is 13.8. The lowest BCUT2D eigenvalue weighted by Crippen LogP contribution is -2.17. The van der Waals surface area contributed by atoms with Crippen molar-refractivity contribution in [1.29, 1.82) is 0 Å². The Bertz CT molecular complexity index is 1300. The quantitative estimate of drug-likeness (QED) is 0.365. The maximum absolute atomic E-state index is 13.0. The van der Waals surface area contributed by atoms with Crippen molar-refractivity contribution in [3.8, 4) is 5.75 Å². The third-order valence-corrected chi connectivity index (χ3v) is 6.42. The molecule has 0 spiro atoms. The van der Waals surface area contributed by atoms with Crippen LogP contribution in [-0.4, -0.2) is 25.9 Å². The van der Waals surface area contributed by atoms with Crippen LogP contribution >= 0.6 is 0 Å². The lowest BCUT2D eigenvalue weighted by Gasteiger charge is -2.13. The molecule has 2 N–H and O–H groups in total. The molecule has 33 heavy (non-hydrogen) atoms. The predicted octanol–water partition coefficient (Wildman–Crippen LogP) is 4.66. The summed E-state index contributed by atoms with van der Waals surface area (Å²) in [6.07, 6.45) is 0. The largest absolute Gasteiger partial charge is 0.494 e. The van der Waals surface area contributed by atoms with Crippen molar-refractivity contribution in [2.24, 2.45) is 0 Å². The van der Waals surface area contributed by atoms with Crippen LogP contribution in [-0.2, 0) is 10.0 Å². The molecular formula is C23H23N3O6S. The molecule has 10 heteroatoms. The van der Waals surface area contributed by atoms with Gasteiger partial charge in [-0.25, -0.2) is 8.42 Å². The molecule has 0 unspecified atom stereocenters. The first-order chi connectivity index (χ1) is 15.6. The molecule has 0 aliphatic heterocycles. The second-order valence-corrected chi connectivity index (χ2v) is 8.85. The lowest BCUT2D eigenvalue weighted by molar-refractivity contribution is -0.385. The van der Waals surface area contributed by atoms with E-state index in [0.29, 0.717) is 23.6 Å². The number of nitrogens with zero attached hydrogens (tertiary/aromatic N) is 1. The number of amides is 1. The van der Waals surface area contributed by atoms with E-state index in [0.717, 1.165) is 0 Å². The monoisotopic (exact) mass is 469 g/mol. The first-order valence-electron chi connectivity index (χ1n) is 10.0. The number of aryl methyl sites for hydroxylation is 1. The van der Waals surface area contributed by atoms with Crippen LogP contribution < -0.4 is 14.8 Å². The van der Waals surface area contributed by atoms with Gasteiger partial charge in [0.1, 0.15) is 5.75 Å². The average Bonchev–Trinajstić information content (AvgIpc) is 2.76. The minimum absolute atomic E-state index is 0.00931. The van der Waals surface area contributed by atoms with Crippen molar-refractivity contribution >= 4 is 33.0 Å². The zero-order valence-electron chi connectivity index (χ0n) is 18.3. The van der Waals surface area contributed by atoms with Crippen LogP contribution in [0.5, 0.6) is 5.75 Å². The molecule has 1 amide bonds. The number of nitro groups is 1. The number of hydrogen-bond acceptors (Lipinski definition) is 6. The summed E-state index contributed by atoms with van der Waals surface area (Å²) >= 11 is 0. The van der Waals surface area contributed by atoms with Gasteiger partial charge in [-0.3, -0.25) is 19.6 Å². The van der Waals surface area contributed by atoms with Gasteiger partial charge in [-0.05, 0) is 68.8 Å². The molecule has 3 rings (SSSR count). The maximum Gasteiger partial charge on any atom is 0.273 e. The van der Waals surface area contributed by atoms with Crippen LogP contribution in [0.4, 0.5) is 17.1 Å². The van der Waals surface area contributed by atoms with Gasteiger partial charge in [0.25, 0.3) is 21.6 Å². The summed E-state index contributed by atoms with van der Waals surface area (Å²) in [7, 11) is -3.95. The van der Waals surface area contributed by atoms with Crippen LogP contribution in [0.15, 0.2) is 65.6 Å². The molecular weight excluding hydrogens is 446 g/mol. The fourth-order valence-corrected chi connectivity index (χ4v) is 4.56. The van der Waals surface area contributed by atoms with Gasteiger partial charge in [-0.2, -0.15) is 0 Å². The molecule has 172 valence electrons. The number of ether oxygens (including phenoxy) is 1. The molecule has 0 aliphatic carbocycles. The molecule has 3 aromatic carbocycles. The Balaban J connectivity index is 1.85. The number of nitrogens with one attached hydrogen (secondary N) is 2. The fraction of sp³-hybridized carbons (Fsp3) is 0.174. The Hall–Kier alpha value is -3.92. The Morgan fingerprint density at radius 2 is 1.70 bits per heavy atom. The Morgan fingerprint density at radius 1 is 1.03 bits per heavy atom. The number of anilines is 2. The topological polar surface area (TPSA) is 128 Å². The minimum atomic E-state index is -3.95. The number of hydrogen-bond donors (Lipinski definition) is 2. The van der Waals surface area contributed by atoms with Gasteiger partial charge in [0.15, 0.2) is 0 Å². The van der Waals surface area contributed by atoms with E-state index in [4.69, 9.17) is 4.74 Å². The summed E-state index contributed by atoms with van der Waals surface area (Å²) < 4.78 is 33.8. The highest BCUT2D eigenvalue weighted by molar-refractivity contribution is 7.92.